The largest absolute Gasteiger partial charge is 0.455 e. The summed E-state index contributed by atoms with van der Waals surface area (Å²) in [6.07, 6.45) is 0. The number of aromatic nitrogens is 1. The summed E-state index contributed by atoms with van der Waals surface area (Å²) < 4.78 is 8.56. The standard InChI is InChI=1S/C44H25N3O/c45-26-32-20-23-41(38(27-46)43(32)35-16-9-15-34-33-14-7-8-17-42(33)48-44(34)35)47-39-21-18-30(28-10-3-1-4-11-28)24-36(39)37-25-31(19-22-40(37)47)29-12-5-2-6-13-29/h1-25H. The first kappa shape index (κ1) is 27.4. The Bertz CT molecular complexity index is 2700. The summed E-state index contributed by atoms with van der Waals surface area (Å²) in [6, 6.07) is 56.2. The van der Waals surface area contributed by atoms with Gasteiger partial charge in [-0.15, -0.1) is 0 Å². The van der Waals surface area contributed by atoms with Gasteiger partial charge in [0.25, 0.3) is 0 Å². The predicted octanol–water partition coefficient (Wildman–Crippen LogP) is 11.4. The van der Waals surface area contributed by atoms with Crippen LogP contribution in [0.4, 0.5) is 0 Å². The zero-order valence-corrected chi connectivity index (χ0v) is 25.7. The van der Waals surface area contributed by atoms with Crippen LogP contribution in [-0.4, -0.2) is 4.57 Å². The average Bonchev–Trinajstić information content (AvgIpc) is 3.70. The first-order valence-corrected chi connectivity index (χ1v) is 15.8. The van der Waals surface area contributed by atoms with E-state index in [0.717, 1.165) is 66.0 Å². The van der Waals surface area contributed by atoms with E-state index < -0.39 is 0 Å². The van der Waals surface area contributed by atoms with E-state index in [-0.39, 0.29) is 0 Å². The van der Waals surface area contributed by atoms with E-state index in [1.54, 1.807) is 0 Å². The molecule has 0 unspecified atom stereocenters. The topological polar surface area (TPSA) is 65.7 Å². The van der Waals surface area contributed by atoms with Gasteiger partial charge in [0.05, 0.1) is 33.9 Å². The molecule has 2 heterocycles. The van der Waals surface area contributed by atoms with Crippen molar-refractivity contribution in [1.29, 1.82) is 10.5 Å². The maximum Gasteiger partial charge on any atom is 0.143 e. The van der Waals surface area contributed by atoms with Crippen molar-refractivity contribution in [3.8, 4) is 51.2 Å². The van der Waals surface area contributed by atoms with Gasteiger partial charge in [-0.3, -0.25) is 0 Å². The second-order valence-electron chi connectivity index (χ2n) is 11.9. The van der Waals surface area contributed by atoms with Crippen LogP contribution >= 0.6 is 0 Å². The second kappa shape index (κ2) is 10.9. The van der Waals surface area contributed by atoms with Gasteiger partial charge in [-0.25, -0.2) is 0 Å². The first-order valence-electron chi connectivity index (χ1n) is 15.8. The van der Waals surface area contributed by atoms with E-state index in [4.69, 9.17) is 4.42 Å². The summed E-state index contributed by atoms with van der Waals surface area (Å²) in [4.78, 5) is 0. The highest BCUT2D eigenvalue weighted by Gasteiger charge is 2.23. The van der Waals surface area contributed by atoms with Gasteiger partial charge in [-0.1, -0.05) is 109 Å². The highest BCUT2D eigenvalue weighted by molar-refractivity contribution is 6.13. The van der Waals surface area contributed by atoms with E-state index in [0.29, 0.717) is 28.0 Å². The highest BCUT2D eigenvalue weighted by Crippen LogP contribution is 2.42. The van der Waals surface area contributed by atoms with Crippen molar-refractivity contribution < 1.29 is 4.42 Å². The number of rotatable bonds is 4. The number of hydrogen-bond acceptors (Lipinski definition) is 3. The molecule has 4 nitrogen and oxygen atoms in total. The van der Waals surface area contributed by atoms with E-state index >= 15 is 0 Å². The summed E-state index contributed by atoms with van der Waals surface area (Å²) in [5.41, 5.74) is 10.7. The summed E-state index contributed by atoms with van der Waals surface area (Å²) in [7, 11) is 0. The molecular weight excluding hydrogens is 587 g/mol. The molecule has 4 heteroatoms. The fourth-order valence-electron chi connectivity index (χ4n) is 7.11. The lowest BCUT2D eigenvalue weighted by atomic mass is 9.92. The van der Waals surface area contributed by atoms with Crippen molar-refractivity contribution in [2.75, 3.05) is 0 Å². The number of furan rings is 1. The van der Waals surface area contributed by atoms with Crippen LogP contribution in [0.2, 0.25) is 0 Å². The van der Waals surface area contributed by atoms with Crippen LogP contribution in [0.3, 0.4) is 0 Å². The maximum absolute atomic E-state index is 10.9. The minimum absolute atomic E-state index is 0.417. The van der Waals surface area contributed by atoms with Crippen LogP contribution in [0.25, 0.3) is 82.8 Å². The second-order valence-corrected chi connectivity index (χ2v) is 11.9. The maximum atomic E-state index is 10.9. The Balaban J connectivity index is 1.36. The van der Waals surface area contributed by atoms with Crippen LogP contribution in [0, 0.1) is 22.7 Å². The van der Waals surface area contributed by atoms with Crippen molar-refractivity contribution in [3.63, 3.8) is 0 Å². The van der Waals surface area contributed by atoms with Crippen molar-refractivity contribution in [2.24, 2.45) is 0 Å². The smallest absolute Gasteiger partial charge is 0.143 e. The van der Waals surface area contributed by atoms with Crippen molar-refractivity contribution >= 4 is 43.7 Å². The lowest BCUT2D eigenvalue weighted by molar-refractivity contribution is 0.670. The number of benzene rings is 7. The summed E-state index contributed by atoms with van der Waals surface area (Å²) in [6.45, 7) is 0. The molecule has 0 radical (unpaired) electrons. The molecule has 2 aromatic heterocycles. The lowest BCUT2D eigenvalue weighted by Crippen LogP contribution is -2.01. The fraction of sp³-hybridized carbons (Fsp3) is 0. The van der Waals surface area contributed by atoms with Gasteiger partial charge in [0.1, 0.15) is 17.2 Å². The molecule has 48 heavy (non-hydrogen) atoms. The molecule has 0 saturated heterocycles. The van der Waals surface area contributed by atoms with Crippen LogP contribution in [0.15, 0.2) is 156 Å². The number of nitriles is 2. The van der Waals surface area contributed by atoms with Crippen molar-refractivity contribution in [2.45, 2.75) is 0 Å². The van der Waals surface area contributed by atoms with Gasteiger partial charge in [0, 0.05) is 32.7 Å². The predicted molar refractivity (Wildman–Crippen MR) is 194 cm³/mol. The molecule has 0 spiro atoms. The normalized spacial score (nSPS) is 11.3. The van der Waals surface area contributed by atoms with Gasteiger partial charge in [-0.05, 0) is 64.7 Å². The molecule has 7 aromatic carbocycles. The molecule has 0 aliphatic carbocycles. The third-order valence-electron chi connectivity index (χ3n) is 9.31. The Kier molecular flexibility index (Phi) is 6.22. The van der Waals surface area contributed by atoms with Gasteiger partial charge in [0.2, 0.25) is 0 Å². The van der Waals surface area contributed by atoms with Crippen molar-refractivity contribution in [3.05, 3.63) is 163 Å². The van der Waals surface area contributed by atoms with E-state index in [1.807, 2.05) is 66.7 Å². The number of fused-ring (bicyclic) bond motifs is 6. The third kappa shape index (κ3) is 4.14. The zero-order valence-electron chi connectivity index (χ0n) is 25.7. The quantitative estimate of drug-likeness (QED) is 0.199. The molecule has 0 fully saturated rings. The van der Waals surface area contributed by atoms with Crippen LogP contribution in [-0.2, 0) is 0 Å². The Hall–Kier alpha value is -6.88. The minimum Gasteiger partial charge on any atom is -0.455 e. The van der Waals surface area contributed by atoms with Crippen molar-refractivity contribution in [1.82, 2.24) is 4.57 Å². The molecule has 0 bridgehead atoms. The van der Waals surface area contributed by atoms with Crippen LogP contribution < -0.4 is 0 Å². The molecule has 0 aliphatic rings. The van der Waals surface area contributed by atoms with Gasteiger partial charge in [0.15, 0.2) is 0 Å². The van der Waals surface area contributed by atoms with E-state index in [2.05, 4.69) is 102 Å². The van der Waals surface area contributed by atoms with Gasteiger partial charge < -0.3 is 8.98 Å². The summed E-state index contributed by atoms with van der Waals surface area (Å²) >= 11 is 0. The minimum atomic E-state index is 0.417. The molecule has 0 saturated carbocycles. The fourth-order valence-corrected chi connectivity index (χ4v) is 7.11. The Labute approximate surface area is 276 Å². The Morgan fingerprint density at radius 2 is 1.08 bits per heavy atom. The number of para-hydroxylation sites is 2. The van der Waals surface area contributed by atoms with Gasteiger partial charge >= 0.3 is 0 Å². The molecule has 0 aliphatic heterocycles. The summed E-state index contributed by atoms with van der Waals surface area (Å²) in [5.74, 6) is 0. The van der Waals surface area contributed by atoms with E-state index in [1.165, 1.54) is 0 Å². The zero-order chi connectivity index (χ0) is 32.2. The Morgan fingerprint density at radius 3 is 1.71 bits per heavy atom. The third-order valence-corrected chi connectivity index (χ3v) is 9.31. The monoisotopic (exact) mass is 611 g/mol. The number of hydrogen-bond donors (Lipinski definition) is 0. The molecule has 9 rings (SSSR count). The van der Waals surface area contributed by atoms with E-state index in [9.17, 15) is 10.5 Å². The molecule has 0 amide bonds. The van der Waals surface area contributed by atoms with Crippen LogP contribution in [0.5, 0.6) is 0 Å². The Morgan fingerprint density at radius 1 is 0.479 bits per heavy atom. The molecule has 0 atom stereocenters. The SMILES string of the molecule is N#Cc1ccc(-n2c3ccc(-c4ccccc4)cc3c3cc(-c4ccccc4)ccc32)c(C#N)c1-c1cccc2c1oc1ccccc12. The lowest BCUT2D eigenvalue weighted by Gasteiger charge is -2.15. The molecule has 9 aromatic rings. The highest BCUT2D eigenvalue weighted by atomic mass is 16.3. The van der Waals surface area contributed by atoms with Gasteiger partial charge in [-0.2, -0.15) is 10.5 Å². The van der Waals surface area contributed by atoms with Crippen LogP contribution in [0.1, 0.15) is 11.1 Å². The average molecular weight is 612 g/mol. The first-order chi connectivity index (χ1) is 23.7. The molecule has 0 N–H and O–H groups in total. The molecule has 222 valence electrons. The summed E-state index contributed by atoms with van der Waals surface area (Å²) in [5, 5.41) is 25.4. The number of nitrogens with zero attached hydrogens (tertiary/aromatic N) is 3. The molecular formula is C44H25N3O.